The molecule has 5 rings (SSSR count). The van der Waals surface area contributed by atoms with Gasteiger partial charge in [-0.15, -0.1) is 0 Å². The lowest BCUT2D eigenvalue weighted by Crippen LogP contribution is -2.47. The molecule has 0 atom stereocenters. The predicted molar refractivity (Wildman–Crippen MR) is 105 cm³/mol. The second-order valence-corrected chi connectivity index (χ2v) is 7.19. The zero-order valence-electron chi connectivity index (χ0n) is 15.1. The second kappa shape index (κ2) is 6.24. The van der Waals surface area contributed by atoms with E-state index in [0.717, 1.165) is 50.4 Å². The van der Waals surface area contributed by atoms with E-state index in [1.807, 2.05) is 13.1 Å². The molecule has 2 aromatic heterocycles. The van der Waals surface area contributed by atoms with Crippen LogP contribution < -0.4 is 9.80 Å². The Hall–Kier alpha value is -2.69. The summed E-state index contributed by atoms with van der Waals surface area (Å²) in [5, 5.41) is 1.24. The van der Waals surface area contributed by atoms with Crippen molar-refractivity contribution in [2.75, 3.05) is 36.0 Å². The summed E-state index contributed by atoms with van der Waals surface area (Å²) in [6.45, 7) is 6.03. The molecule has 5 heteroatoms. The highest BCUT2D eigenvalue weighted by atomic mass is 15.3. The van der Waals surface area contributed by atoms with Gasteiger partial charge >= 0.3 is 0 Å². The fourth-order valence-electron chi connectivity index (χ4n) is 4.31. The molecule has 0 spiro atoms. The van der Waals surface area contributed by atoms with E-state index in [1.54, 1.807) is 0 Å². The quantitative estimate of drug-likeness (QED) is 0.714. The van der Waals surface area contributed by atoms with Gasteiger partial charge in [-0.2, -0.15) is 0 Å². The van der Waals surface area contributed by atoms with Crippen LogP contribution in [-0.4, -0.2) is 41.1 Å². The first kappa shape index (κ1) is 15.6. The third-order valence-corrected chi connectivity index (χ3v) is 5.57. The van der Waals surface area contributed by atoms with Crippen LogP contribution in [0.4, 0.5) is 11.5 Å². The van der Waals surface area contributed by atoms with Gasteiger partial charge in [0.15, 0.2) is 0 Å². The summed E-state index contributed by atoms with van der Waals surface area (Å²) in [6.07, 6.45) is 5.36. The van der Waals surface area contributed by atoms with Crippen LogP contribution in [0.1, 0.15) is 23.5 Å². The molecule has 0 bridgehead atoms. The number of aryl methyl sites for hydroxylation is 2. The van der Waals surface area contributed by atoms with Crippen molar-refractivity contribution in [1.82, 2.24) is 15.0 Å². The van der Waals surface area contributed by atoms with Gasteiger partial charge in [0.1, 0.15) is 11.6 Å². The number of hydrogen-bond donors (Lipinski definition) is 0. The molecular formula is C21H23N5. The Morgan fingerprint density at radius 3 is 2.58 bits per heavy atom. The Morgan fingerprint density at radius 2 is 1.69 bits per heavy atom. The van der Waals surface area contributed by atoms with Crippen LogP contribution in [0.25, 0.3) is 10.9 Å². The van der Waals surface area contributed by atoms with E-state index in [4.69, 9.17) is 4.98 Å². The normalized spacial score (nSPS) is 17.0. The van der Waals surface area contributed by atoms with Crippen molar-refractivity contribution in [2.24, 2.45) is 0 Å². The molecule has 0 unspecified atom stereocenters. The molecule has 1 fully saturated rings. The standard InChI is InChI=1S/C21H23N5/c1-15-23-19-8-4-6-17(19)21(24-15)26-13-11-25(12-14-26)20-9-10-22-18-7-3-2-5-16(18)20/h2-3,5,7,9-10H,4,6,8,11-14H2,1H3. The molecule has 0 amide bonds. The Morgan fingerprint density at radius 1 is 0.885 bits per heavy atom. The minimum Gasteiger partial charge on any atom is -0.367 e. The summed E-state index contributed by atoms with van der Waals surface area (Å²) >= 11 is 0. The van der Waals surface area contributed by atoms with Gasteiger partial charge in [0, 0.05) is 54.7 Å². The molecule has 1 saturated heterocycles. The Labute approximate surface area is 153 Å². The van der Waals surface area contributed by atoms with Gasteiger partial charge in [-0.3, -0.25) is 4.98 Å². The van der Waals surface area contributed by atoms with Gasteiger partial charge < -0.3 is 9.80 Å². The average molecular weight is 345 g/mol. The van der Waals surface area contributed by atoms with Crippen LogP contribution in [0, 0.1) is 6.92 Å². The molecule has 1 aromatic carbocycles. The molecule has 0 saturated carbocycles. The zero-order valence-corrected chi connectivity index (χ0v) is 15.1. The number of fused-ring (bicyclic) bond motifs is 2. The van der Waals surface area contributed by atoms with Crippen molar-refractivity contribution in [2.45, 2.75) is 26.2 Å². The Bertz CT molecular complexity index is 955. The van der Waals surface area contributed by atoms with Crippen LogP contribution in [0.5, 0.6) is 0 Å². The van der Waals surface area contributed by atoms with Gasteiger partial charge in [-0.25, -0.2) is 9.97 Å². The monoisotopic (exact) mass is 345 g/mol. The molecular weight excluding hydrogens is 322 g/mol. The van der Waals surface area contributed by atoms with Crippen LogP contribution in [0.3, 0.4) is 0 Å². The van der Waals surface area contributed by atoms with Crippen LogP contribution in [0.15, 0.2) is 36.5 Å². The highest BCUT2D eigenvalue weighted by Gasteiger charge is 2.25. The lowest BCUT2D eigenvalue weighted by atomic mass is 10.1. The van der Waals surface area contributed by atoms with Crippen molar-refractivity contribution in [3.05, 3.63) is 53.6 Å². The number of pyridine rings is 1. The molecule has 3 heterocycles. The third-order valence-electron chi connectivity index (χ3n) is 5.57. The smallest absolute Gasteiger partial charge is 0.135 e. The van der Waals surface area contributed by atoms with Crippen molar-refractivity contribution in [3.8, 4) is 0 Å². The van der Waals surface area contributed by atoms with Gasteiger partial charge in [-0.05, 0) is 38.3 Å². The summed E-state index contributed by atoms with van der Waals surface area (Å²) in [6, 6.07) is 10.5. The van der Waals surface area contributed by atoms with Crippen molar-refractivity contribution < 1.29 is 0 Å². The maximum Gasteiger partial charge on any atom is 0.135 e. The Balaban J connectivity index is 1.40. The molecule has 2 aliphatic rings. The number of piperazine rings is 1. The molecule has 1 aliphatic carbocycles. The van der Waals surface area contributed by atoms with E-state index in [0.29, 0.717) is 0 Å². The van der Waals surface area contributed by atoms with Gasteiger partial charge in [-0.1, -0.05) is 18.2 Å². The van der Waals surface area contributed by atoms with E-state index in [2.05, 4.69) is 50.1 Å². The minimum absolute atomic E-state index is 0.906. The number of anilines is 2. The fraction of sp³-hybridized carbons (Fsp3) is 0.381. The molecule has 1 aliphatic heterocycles. The fourth-order valence-corrected chi connectivity index (χ4v) is 4.31. The summed E-state index contributed by atoms with van der Waals surface area (Å²) in [5.41, 5.74) is 5.02. The number of hydrogen-bond acceptors (Lipinski definition) is 5. The number of para-hydroxylation sites is 1. The topological polar surface area (TPSA) is 45.2 Å². The van der Waals surface area contributed by atoms with Crippen LogP contribution in [-0.2, 0) is 12.8 Å². The lowest BCUT2D eigenvalue weighted by Gasteiger charge is -2.37. The average Bonchev–Trinajstić information content (AvgIpc) is 3.15. The maximum atomic E-state index is 4.80. The predicted octanol–water partition coefficient (Wildman–Crippen LogP) is 3.15. The van der Waals surface area contributed by atoms with Gasteiger partial charge in [0.2, 0.25) is 0 Å². The first-order chi connectivity index (χ1) is 12.8. The molecule has 26 heavy (non-hydrogen) atoms. The molecule has 132 valence electrons. The van der Waals surface area contributed by atoms with E-state index in [-0.39, 0.29) is 0 Å². The number of benzene rings is 1. The lowest BCUT2D eigenvalue weighted by molar-refractivity contribution is 0.644. The highest BCUT2D eigenvalue weighted by molar-refractivity contribution is 5.91. The SMILES string of the molecule is Cc1nc2c(c(N3CCN(c4ccnc5ccccc45)CC3)n1)CCC2. The second-order valence-electron chi connectivity index (χ2n) is 7.19. The first-order valence-corrected chi connectivity index (χ1v) is 9.49. The largest absolute Gasteiger partial charge is 0.367 e. The highest BCUT2D eigenvalue weighted by Crippen LogP contribution is 2.31. The minimum atomic E-state index is 0.906. The number of nitrogens with zero attached hydrogens (tertiary/aromatic N) is 5. The first-order valence-electron chi connectivity index (χ1n) is 9.49. The molecule has 0 radical (unpaired) electrons. The van der Waals surface area contributed by atoms with Crippen molar-refractivity contribution in [1.29, 1.82) is 0 Å². The number of rotatable bonds is 2. The van der Waals surface area contributed by atoms with E-state index in [9.17, 15) is 0 Å². The van der Waals surface area contributed by atoms with E-state index >= 15 is 0 Å². The molecule has 0 N–H and O–H groups in total. The third kappa shape index (κ3) is 2.59. The van der Waals surface area contributed by atoms with Crippen molar-refractivity contribution in [3.63, 3.8) is 0 Å². The summed E-state index contributed by atoms with van der Waals surface area (Å²) in [7, 11) is 0. The summed E-state index contributed by atoms with van der Waals surface area (Å²) < 4.78 is 0. The van der Waals surface area contributed by atoms with Crippen LogP contribution >= 0.6 is 0 Å². The molecule has 3 aromatic rings. The van der Waals surface area contributed by atoms with Gasteiger partial charge in [0.25, 0.3) is 0 Å². The number of aromatic nitrogens is 3. The molecule has 5 nitrogen and oxygen atoms in total. The zero-order chi connectivity index (χ0) is 17.5. The van der Waals surface area contributed by atoms with Crippen LogP contribution in [0.2, 0.25) is 0 Å². The van der Waals surface area contributed by atoms with E-state index < -0.39 is 0 Å². The van der Waals surface area contributed by atoms with Gasteiger partial charge in [0.05, 0.1) is 5.52 Å². The summed E-state index contributed by atoms with van der Waals surface area (Å²) in [5.74, 6) is 2.09. The van der Waals surface area contributed by atoms with E-state index in [1.165, 1.54) is 34.6 Å². The summed E-state index contributed by atoms with van der Waals surface area (Å²) in [4.78, 5) is 18.9. The van der Waals surface area contributed by atoms with Crippen molar-refractivity contribution >= 4 is 22.4 Å². The Kier molecular flexibility index (Phi) is 3.73. The maximum absolute atomic E-state index is 4.80.